The number of nitrogens with zero attached hydrogens (tertiary/aromatic N) is 2. The molecule has 1 N–H and O–H groups in total. The molecule has 0 amide bonds. The second-order valence-electron chi connectivity index (χ2n) is 4.30. The minimum absolute atomic E-state index is 0.561. The van der Waals surface area contributed by atoms with Gasteiger partial charge in [0.2, 0.25) is 0 Å². The van der Waals surface area contributed by atoms with Crippen molar-refractivity contribution in [2.45, 2.75) is 6.61 Å². The summed E-state index contributed by atoms with van der Waals surface area (Å²) in [6.07, 6.45) is 1.65. The van der Waals surface area contributed by atoms with Crippen molar-refractivity contribution in [3.63, 3.8) is 0 Å². The number of nitrogens with one attached hydrogen (secondary N) is 1. The van der Waals surface area contributed by atoms with E-state index in [0.717, 1.165) is 17.0 Å². The number of ether oxygens (including phenoxy) is 1. The van der Waals surface area contributed by atoms with E-state index in [1.165, 1.54) is 0 Å². The summed E-state index contributed by atoms with van der Waals surface area (Å²) in [5, 5.41) is 6.62. The second kappa shape index (κ2) is 5.71. The second-order valence-corrected chi connectivity index (χ2v) is 4.69. The topological polar surface area (TPSA) is 42.8 Å². The van der Waals surface area contributed by atoms with E-state index in [2.05, 4.69) is 10.2 Å². The molecule has 3 rings (SSSR count). The highest BCUT2D eigenvalue weighted by Gasteiger charge is 2.00. The van der Waals surface area contributed by atoms with Crippen LogP contribution in [-0.4, -0.2) is 14.8 Å². The lowest BCUT2D eigenvalue weighted by Crippen LogP contribution is -1.96. The molecule has 0 spiro atoms. The normalized spacial score (nSPS) is 10.4. The first-order valence-corrected chi connectivity index (χ1v) is 6.63. The number of aromatic nitrogens is 3. The maximum absolute atomic E-state index is 5.74. The molecule has 2 aromatic carbocycles. The Labute approximate surface area is 121 Å². The Morgan fingerprint density at radius 2 is 1.80 bits per heavy atom. The summed E-state index contributed by atoms with van der Waals surface area (Å²) >= 11 is 5.13. The van der Waals surface area contributed by atoms with Crippen LogP contribution in [0.2, 0.25) is 0 Å². The highest BCUT2D eigenvalue weighted by molar-refractivity contribution is 7.71. The fourth-order valence-electron chi connectivity index (χ4n) is 1.88. The van der Waals surface area contributed by atoms with Gasteiger partial charge < -0.3 is 4.74 Å². The van der Waals surface area contributed by atoms with Crippen LogP contribution < -0.4 is 4.74 Å². The summed E-state index contributed by atoms with van der Waals surface area (Å²) in [5.41, 5.74) is 2.10. The predicted octanol–water partition coefficient (Wildman–Crippen LogP) is 3.51. The summed E-state index contributed by atoms with van der Waals surface area (Å²) in [4.78, 5) is 0. The predicted molar refractivity (Wildman–Crippen MR) is 79.5 cm³/mol. The lowest BCUT2D eigenvalue weighted by Gasteiger charge is -2.07. The molecule has 4 nitrogen and oxygen atoms in total. The van der Waals surface area contributed by atoms with Crippen LogP contribution in [0.5, 0.6) is 5.75 Å². The minimum Gasteiger partial charge on any atom is -0.489 e. The molecule has 100 valence electrons. The number of benzene rings is 2. The van der Waals surface area contributed by atoms with Crippen LogP contribution >= 0.6 is 12.2 Å². The monoisotopic (exact) mass is 283 g/mol. The first kappa shape index (κ1) is 12.6. The van der Waals surface area contributed by atoms with Crippen molar-refractivity contribution >= 4 is 12.2 Å². The van der Waals surface area contributed by atoms with E-state index in [9.17, 15) is 0 Å². The SMILES string of the molecule is S=c1[nH]ncn1-c1ccc(OCc2ccccc2)cc1. The number of aromatic amines is 1. The van der Waals surface area contributed by atoms with Crippen molar-refractivity contribution in [2.75, 3.05) is 0 Å². The molecule has 0 aliphatic carbocycles. The van der Waals surface area contributed by atoms with Gasteiger partial charge in [-0.05, 0) is 42.0 Å². The molecule has 1 heterocycles. The Morgan fingerprint density at radius 3 is 2.45 bits per heavy atom. The van der Waals surface area contributed by atoms with E-state index in [1.54, 1.807) is 10.9 Å². The molecular weight excluding hydrogens is 270 g/mol. The van der Waals surface area contributed by atoms with Crippen LogP contribution in [0.1, 0.15) is 5.56 Å². The molecule has 0 saturated heterocycles. The fraction of sp³-hybridized carbons (Fsp3) is 0.0667. The molecule has 1 aromatic heterocycles. The first-order valence-electron chi connectivity index (χ1n) is 6.22. The zero-order chi connectivity index (χ0) is 13.8. The fourth-order valence-corrected chi connectivity index (χ4v) is 2.08. The van der Waals surface area contributed by atoms with Gasteiger partial charge in [0, 0.05) is 5.69 Å². The lowest BCUT2D eigenvalue weighted by atomic mass is 10.2. The molecule has 0 unspecified atom stereocenters. The molecule has 5 heteroatoms. The van der Waals surface area contributed by atoms with Crippen LogP contribution in [0.15, 0.2) is 60.9 Å². The van der Waals surface area contributed by atoms with Gasteiger partial charge in [-0.2, -0.15) is 5.10 Å². The third-order valence-electron chi connectivity index (χ3n) is 2.92. The van der Waals surface area contributed by atoms with E-state index in [-0.39, 0.29) is 0 Å². The van der Waals surface area contributed by atoms with Crippen LogP contribution in [0.25, 0.3) is 5.69 Å². The summed E-state index contributed by atoms with van der Waals surface area (Å²) in [6, 6.07) is 17.8. The van der Waals surface area contributed by atoms with E-state index in [1.807, 2.05) is 54.6 Å². The Balaban J connectivity index is 1.71. The van der Waals surface area contributed by atoms with Gasteiger partial charge in [0.05, 0.1) is 0 Å². The smallest absolute Gasteiger partial charge is 0.199 e. The van der Waals surface area contributed by atoms with Crippen molar-refractivity contribution < 1.29 is 4.74 Å². The Bertz CT molecular complexity index is 732. The van der Waals surface area contributed by atoms with Gasteiger partial charge in [-0.25, -0.2) is 0 Å². The Kier molecular flexibility index (Phi) is 3.60. The molecule has 20 heavy (non-hydrogen) atoms. The van der Waals surface area contributed by atoms with Crippen LogP contribution in [0.4, 0.5) is 0 Å². The van der Waals surface area contributed by atoms with E-state index in [0.29, 0.717) is 11.4 Å². The van der Waals surface area contributed by atoms with Crippen LogP contribution in [0.3, 0.4) is 0 Å². The van der Waals surface area contributed by atoms with Crippen molar-refractivity contribution in [2.24, 2.45) is 0 Å². The maximum atomic E-state index is 5.74. The van der Waals surface area contributed by atoms with Gasteiger partial charge in [0.25, 0.3) is 0 Å². The summed E-state index contributed by atoms with van der Waals surface area (Å²) in [6.45, 7) is 0.561. The zero-order valence-electron chi connectivity index (χ0n) is 10.7. The third kappa shape index (κ3) is 2.78. The number of hydrogen-bond acceptors (Lipinski definition) is 3. The highest BCUT2D eigenvalue weighted by Crippen LogP contribution is 2.16. The molecule has 0 fully saturated rings. The molecule has 3 aromatic rings. The average Bonchev–Trinajstić information content (AvgIpc) is 2.93. The van der Waals surface area contributed by atoms with Crippen LogP contribution in [-0.2, 0) is 6.61 Å². The van der Waals surface area contributed by atoms with Crippen LogP contribution in [0, 0.1) is 4.77 Å². The minimum atomic E-state index is 0.561. The number of rotatable bonds is 4. The van der Waals surface area contributed by atoms with Crippen molar-refractivity contribution in [1.82, 2.24) is 14.8 Å². The van der Waals surface area contributed by atoms with Gasteiger partial charge in [0.1, 0.15) is 18.7 Å². The largest absolute Gasteiger partial charge is 0.489 e. The Morgan fingerprint density at radius 1 is 1.05 bits per heavy atom. The van der Waals surface area contributed by atoms with Gasteiger partial charge >= 0.3 is 0 Å². The molecular formula is C15H13N3OS. The average molecular weight is 283 g/mol. The molecule has 0 saturated carbocycles. The van der Waals surface area contributed by atoms with Gasteiger partial charge in [-0.1, -0.05) is 30.3 Å². The van der Waals surface area contributed by atoms with E-state index < -0.39 is 0 Å². The number of hydrogen-bond donors (Lipinski definition) is 1. The van der Waals surface area contributed by atoms with E-state index in [4.69, 9.17) is 17.0 Å². The lowest BCUT2D eigenvalue weighted by molar-refractivity contribution is 0.306. The van der Waals surface area contributed by atoms with Crippen molar-refractivity contribution in [1.29, 1.82) is 0 Å². The molecule has 0 aliphatic heterocycles. The summed E-state index contributed by atoms with van der Waals surface area (Å²) in [5.74, 6) is 0.826. The maximum Gasteiger partial charge on any atom is 0.199 e. The molecule has 0 atom stereocenters. The third-order valence-corrected chi connectivity index (χ3v) is 3.20. The number of H-pyrrole nitrogens is 1. The standard InChI is InChI=1S/C15H13N3OS/c20-15-17-16-11-18(15)13-6-8-14(9-7-13)19-10-12-4-2-1-3-5-12/h1-9,11H,10H2,(H,17,20). The molecule has 0 radical (unpaired) electrons. The van der Waals surface area contributed by atoms with E-state index >= 15 is 0 Å². The first-order chi connectivity index (χ1) is 9.83. The summed E-state index contributed by atoms with van der Waals surface area (Å²) in [7, 11) is 0. The van der Waals surface area contributed by atoms with Gasteiger partial charge in [0.15, 0.2) is 4.77 Å². The summed E-state index contributed by atoms with van der Waals surface area (Å²) < 4.78 is 8.11. The highest BCUT2D eigenvalue weighted by atomic mass is 32.1. The molecule has 0 bridgehead atoms. The zero-order valence-corrected chi connectivity index (χ0v) is 11.5. The van der Waals surface area contributed by atoms with Gasteiger partial charge in [-0.3, -0.25) is 9.67 Å². The van der Waals surface area contributed by atoms with Crippen molar-refractivity contribution in [3.8, 4) is 11.4 Å². The van der Waals surface area contributed by atoms with Gasteiger partial charge in [-0.15, -0.1) is 0 Å². The van der Waals surface area contributed by atoms with Crippen molar-refractivity contribution in [3.05, 3.63) is 71.3 Å². The molecule has 0 aliphatic rings. The Hall–Kier alpha value is -2.40. The quantitative estimate of drug-likeness (QED) is 0.745.